The Labute approximate surface area is 168 Å². The number of nitrogens with zero attached hydrogens (tertiary/aromatic N) is 1. The van der Waals surface area contributed by atoms with Crippen LogP contribution in [0.15, 0.2) is 18.2 Å². The number of ether oxygens (including phenoxy) is 1. The molecule has 3 atom stereocenters. The van der Waals surface area contributed by atoms with E-state index in [4.69, 9.17) is 4.74 Å². The largest absolute Gasteiger partial charge is 0.487 e. The molecule has 0 radical (unpaired) electrons. The number of nitrogens with one attached hydrogen (secondary N) is 1. The van der Waals surface area contributed by atoms with E-state index in [1.165, 1.54) is 5.56 Å². The molecular weight excluding hydrogens is 364 g/mol. The average molecular weight is 395 g/mol. The molecule has 1 aliphatic carbocycles. The number of halogens is 1. The van der Waals surface area contributed by atoms with Crippen LogP contribution >= 0.6 is 12.4 Å². The van der Waals surface area contributed by atoms with E-state index >= 15 is 0 Å². The summed E-state index contributed by atoms with van der Waals surface area (Å²) >= 11 is 0. The number of fused-ring (bicyclic) bond motifs is 3. The minimum absolute atomic E-state index is 0. The monoisotopic (exact) mass is 394 g/mol. The van der Waals surface area contributed by atoms with Gasteiger partial charge in [0.2, 0.25) is 5.91 Å². The van der Waals surface area contributed by atoms with Gasteiger partial charge < -0.3 is 15.0 Å². The Morgan fingerprint density at radius 1 is 1.33 bits per heavy atom. The van der Waals surface area contributed by atoms with Crippen molar-refractivity contribution in [2.45, 2.75) is 64.5 Å². The minimum atomic E-state index is -0.564. The van der Waals surface area contributed by atoms with Crippen LogP contribution in [0.3, 0.4) is 0 Å². The van der Waals surface area contributed by atoms with E-state index in [1.54, 1.807) is 0 Å². The van der Waals surface area contributed by atoms with Gasteiger partial charge in [0.05, 0.1) is 0 Å². The number of carbonyl (C=O) groups is 2. The third kappa shape index (κ3) is 4.14. The second-order valence-corrected chi connectivity index (χ2v) is 7.74. The molecule has 1 heterocycles. The van der Waals surface area contributed by atoms with Crippen molar-refractivity contribution in [2.24, 2.45) is 0 Å². The molecule has 2 aliphatic rings. The van der Waals surface area contributed by atoms with Crippen LogP contribution in [-0.2, 0) is 15.0 Å². The minimum Gasteiger partial charge on any atom is -0.487 e. The van der Waals surface area contributed by atoms with E-state index in [1.807, 2.05) is 12.1 Å². The van der Waals surface area contributed by atoms with Crippen LogP contribution in [-0.4, -0.2) is 48.4 Å². The van der Waals surface area contributed by atoms with Crippen LogP contribution in [0, 0.1) is 6.92 Å². The topological polar surface area (TPSA) is 58.6 Å². The number of rotatable bonds is 6. The van der Waals surface area contributed by atoms with Crippen LogP contribution in [0.25, 0.3) is 0 Å². The van der Waals surface area contributed by atoms with Crippen molar-refractivity contribution in [3.63, 3.8) is 0 Å². The molecule has 1 aliphatic heterocycles. The zero-order valence-corrected chi connectivity index (χ0v) is 17.5. The number of hydrogen-bond acceptors (Lipinski definition) is 4. The molecule has 27 heavy (non-hydrogen) atoms. The zero-order valence-electron chi connectivity index (χ0n) is 16.7. The molecule has 6 heteroatoms. The van der Waals surface area contributed by atoms with E-state index in [9.17, 15) is 9.59 Å². The Morgan fingerprint density at radius 3 is 2.70 bits per heavy atom. The van der Waals surface area contributed by atoms with Gasteiger partial charge in [-0.3, -0.25) is 9.59 Å². The smallest absolute Gasteiger partial charge is 0.221 e. The van der Waals surface area contributed by atoms with Crippen LogP contribution in [0.2, 0.25) is 0 Å². The Hall–Kier alpha value is -1.59. The average Bonchev–Trinajstić information content (AvgIpc) is 2.91. The Balaban J connectivity index is 0.00000261. The standard InChI is InChI=1S/C21H30N2O3.ClH/c1-5-23(6-2)12-10-18(25)22-19-16(24)9-11-21(4)15-13-14(3)7-8-17(15)26-20(19)21;/h7-8,13,19-20H,5-6,9-12H2,1-4H3,(H,22,25);1H/t19-,20-,21-;/m0./s1. The van der Waals surface area contributed by atoms with Crippen molar-refractivity contribution in [2.75, 3.05) is 19.6 Å². The van der Waals surface area contributed by atoms with E-state index < -0.39 is 6.04 Å². The van der Waals surface area contributed by atoms with Gasteiger partial charge in [0.15, 0.2) is 5.78 Å². The highest BCUT2D eigenvalue weighted by atomic mass is 35.5. The lowest BCUT2D eigenvalue weighted by atomic mass is 9.67. The number of ketones is 1. The maximum atomic E-state index is 12.6. The van der Waals surface area contributed by atoms with Crippen molar-refractivity contribution in [3.8, 4) is 5.75 Å². The molecule has 0 saturated heterocycles. The number of benzene rings is 1. The van der Waals surface area contributed by atoms with Gasteiger partial charge in [-0.15, -0.1) is 12.4 Å². The molecule has 1 aromatic carbocycles. The molecule has 0 unspecified atom stereocenters. The molecule has 1 fully saturated rings. The van der Waals surface area contributed by atoms with Crippen molar-refractivity contribution in [1.29, 1.82) is 0 Å². The fourth-order valence-electron chi connectivity index (χ4n) is 4.23. The number of aryl methyl sites for hydroxylation is 1. The molecule has 150 valence electrons. The molecule has 1 aromatic rings. The summed E-state index contributed by atoms with van der Waals surface area (Å²) in [5, 5.41) is 2.98. The van der Waals surface area contributed by atoms with Crippen LogP contribution in [0.4, 0.5) is 0 Å². The fourth-order valence-corrected chi connectivity index (χ4v) is 4.23. The molecule has 5 nitrogen and oxygen atoms in total. The van der Waals surface area contributed by atoms with Crippen LogP contribution in [0.5, 0.6) is 5.75 Å². The highest BCUT2D eigenvalue weighted by Crippen LogP contribution is 2.49. The van der Waals surface area contributed by atoms with E-state index in [-0.39, 0.29) is 35.6 Å². The van der Waals surface area contributed by atoms with Gasteiger partial charge >= 0.3 is 0 Å². The Kier molecular flexibility index (Phi) is 6.92. The second kappa shape index (κ2) is 8.61. The summed E-state index contributed by atoms with van der Waals surface area (Å²) in [6.07, 6.45) is 1.32. The van der Waals surface area contributed by atoms with Gasteiger partial charge in [0.25, 0.3) is 0 Å². The highest BCUT2D eigenvalue weighted by molar-refractivity contribution is 5.91. The van der Waals surface area contributed by atoms with Gasteiger partial charge in [-0.2, -0.15) is 0 Å². The highest BCUT2D eigenvalue weighted by Gasteiger charge is 2.54. The van der Waals surface area contributed by atoms with Crippen molar-refractivity contribution in [3.05, 3.63) is 29.3 Å². The number of amides is 1. The normalized spacial score (nSPS) is 26.0. The Bertz CT molecular complexity index is 705. The summed E-state index contributed by atoms with van der Waals surface area (Å²) in [6.45, 7) is 10.9. The van der Waals surface area contributed by atoms with Crippen molar-refractivity contribution >= 4 is 24.1 Å². The maximum absolute atomic E-state index is 12.6. The van der Waals surface area contributed by atoms with Crippen molar-refractivity contribution in [1.82, 2.24) is 10.2 Å². The van der Waals surface area contributed by atoms with Gasteiger partial charge in [-0.25, -0.2) is 0 Å². The van der Waals surface area contributed by atoms with Gasteiger partial charge in [0, 0.05) is 30.4 Å². The van der Waals surface area contributed by atoms with Crippen LogP contribution < -0.4 is 10.1 Å². The van der Waals surface area contributed by atoms with E-state index in [0.29, 0.717) is 19.4 Å². The number of hydrogen-bond donors (Lipinski definition) is 1. The third-order valence-corrected chi connectivity index (χ3v) is 6.04. The molecule has 0 bridgehead atoms. The lowest BCUT2D eigenvalue weighted by Crippen LogP contribution is -2.59. The predicted molar refractivity (Wildman–Crippen MR) is 109 cm³/mol. The summed E-state index contributed by atoms with van der Waals surface area (Å²) in [7, 11) is 0. The SMILES string of the molecule is CCN(CC)CCC(=O)N[C@H]1C(=O)CC[C@@]2(C)c3cc(C)ccc3O[C@@H]12.Cl. The third-order valence-electron chi connectivity index (χ3n) is 6.04. The fraction of sp³-hybridized carbons (Fsp3) is 0.619. The molecular formula is C21H31ClN2O3. The lowest BCUT2D eigenvalue weighted by Gasteiger charge is -2.39. The summed E-state index contributed by atoms with van der Waals surface area (Å²) in [6, 6.07) is 5.60. The summed E-state index contributed by atoms with van der Waals surface area (Å²) in [5.74, 6) is 0.851. The molecule has 3 rings (SSSR count). The summed E-state index contributed by atoms with van der Waals surface area (Å²) in [4.78, 5) is 27.3. The molecule has 0 spiro atoms. The summed E-state index contributed by atoms with van der Waals surface area (Å²) in [5.41, 5.74) is 2.12. The van der Waals surface area contributed by atoms with Gasteiger partial charge in [-0.1, -0.05) is 38.5 Å². The Morgan fingerprint density at radius 2 is 2.04 bits per heavy atom. The first-order chi connectivity index (χ1) is 12.4. The molecule has 1 amide bonds. The first-order valence-corrected chi connectivity index (χ1v) is 9.71. The molecule has 1 N–H and O–H groups in total. The summed E-state index contributed by atoms with van der Waals surface area (Å²) < 4.78 is 6.17. The zero-order chi connectivity index (χ0) is 18.9. The maximum Gasteiger partial charge on any atom is 0.221 e. The van der Waals surface area contributed by atoms with E-state index in [2.05, 4.69) is 44.0 Å². The predicted octanol–water partition coefficient (Wildman–Crippen LogP) is 3.02. The first-order valence-electron chi connectivity index (χ1n) is 9.71. The van der Waals surface area contributed by atoms with Crippen LogP contribution in [0.1, 0.15) is 51.2 Å². The first kappa shape index (κ1) is 21.7. The second-order valence-electron chi connectivity index (χ2n) is 7.74. The van der Waals surface area contributed by atoms with Gasteiger partial charge in [-0.05, 0) is 32.5 Å². The number of carbonyl (C=O) groups excluding carboxylic acids is 2. The van der Waals surface area contributed by atoms with Crippen molar-refractivity contribution < 1.29 is 14.3 Å². The van der Waals surface area contributed by atoms with E-state index in [0.717, 1.165) is 30.8 Å². The lowest BCUT2D eigenvalue weighted by molar-refractivity contribution is -0.133. The number of Topliss-reactive ketones (excluding diaryl/α,β-unsaturated/α-hetero) is 1. The molecule has 0 aromatic heterocycles. The molecule has 1 saturated carbocycles. The quantitative estimate of drug-likeness (QED) is 0.805. The van der Waals surface area contributed by atoms with Gasteiger partial charge in [0.1, 0.15) is 17.9 Å².